The molecule has 0 aromatic heterocycles. The van der Waals surface area contributed by atoms with Gasteiger partial charge in [0.05, 0.1) is 0 Å². The molecule has 1 N–H and O–H groups in total. The number of carboxylic acid groups (broad SMARTS) is 1. The smallest absolute Gasteiger partial charge is 0.312 e. The van der Waals surface area contributed by atoms with Crippen LogP contribution in [0.3, 0.4) is 0 Å². The van der Waals surface area contributed by atoms with Crippen LogP contribution in [0.1, 0.15) is 11.5 Å². The SMILES string of the molecule is O=C(O)C1CN(C(=O)C2=COCCO2)c2ccccc21. The molecule has 1 amide bonds. The molecule has 1 aromatic carbocycles. The number of fused-ring (bicyclic) bond motifs is 1. The summed E-state index contributed by atoms with van der Waals surface area (Å²) >= 11 is 0. The van der Waals surface area contributed by atoms with E-state index in [4.69, 9.17) is 9.47 Å². The van der Waals surface area contributed by atoms with Gasteiger partial charge >= 0.3 is 5.97 Å². The third-order valence-corrected chi connectivity index (χ3v) is 3.37. The Morgan fingerprint density at radius 1 is 1.25 bits per heavy atom. The predicted molar refractivity (Wildman–Crippen MR) is 69.2 cm³/mol. The van der Waals surface area contributed by atoms with Crippen LogP contribution >= 0.6 is 0 Å². The Balaban J connectivity index is 1.94. The van der Waals surface area contributed by atoms with E-state index in [0.717, 1.165) is 0 Å². The third kappa shape index (κ3) is 1.99. The fourth-order valence-electron chi connectivity index (χ4n) is 2.42. The van der Waals surface area contributed by atoms with Crippen LogP contribution in [-0.2, 0) is 19.1 Å². The molecule has 3 rings (SSSR count). The molecule has 0 saturated heterocycles. The molecule has 0 spiro atoms. The summed E-state index contributed by atoms with van der Waals surface area (Å²) in [6, 6.07) is 7.01. The largest absolute Gasteiger partial charge is 0.494 e. The molecule has 20 heavy (non-hydrogen) atoms. The van der Waals surface area contributed by atoms with Crippen molar-refractivity contribution < 1.29 is 24.2 Å². The van der Waals surface area contributed by atoms with E-state index in [9.17, 15) is 14.7 Å². The number of anilines is 1. The van der Waals surface area contributed by atoms with Crippen LogP contribution in [0.5, 0.6) is 0 Å². The highest BCUT2D eigenvalue weighted by molar-refractivity contribution is 6.07. The average Bonchev–Trinajstić information content (AvgIpc) is 2.87. The van der Waals surface area contributed by atoms with E-state index in [1.54, 1.807) is 24.3 Å². The van der Waals surface area contributed by atoms with E-state index < -0.39 is 11.9 Å². The molecule has 6 heteroatoms. The lowest BCUT2D eigenvalue weighted by Crippen LogP contribution is -2.34. The number of carboxylic acids is 1. The summed E-state index contributed by atoms with van der Waals surface area (Å²) in [7, 11) is 0. The van der Waals surface area contributed by atoms with Crippen LogP contribution in [0.15, 0.2) is 36.3 Å². The highest BCUT2D eigenvalue weighted by Gasteiger charge is 2.38. The van der Waals surface area contributed by atoms with Gasteiger partial charge in [-0.2, -0.15) is 0 Å². The second-order valence-corrected chi connectivity index (χ2v) is 4.57. The van der Waals surface area contributed by atoms with Gasteiger partial charge in [0.1, 0.15) is 25.4 Å². The molecule has 0 radical (unpaired) electrons. The summed E-state index contributed by atoms with van der Waals surface area (Å²) < 4.78 is 10.3. The zero-order chi connectivity index (χ0) is 14.1. The topological polar surface area (TPSA) is 76.1 Å². The number of carbonyl (C=O) groups is 2. The minimum atomic E-state index is -0.942. The van der Waals surface area contributed by atoms with Gasteiger partial charge in [0.15, 0.2) is 0 Å². The molecule has 1 atom stereocenters. The highest BCUT2D eigenvalue weighted by atomic mass is 16.6. The second-order valence-electron chi connectivity index (χ2n) is 4.57. The van der Waals surface area contributed by atoms with Gasteiger partial charge in [-0.05, 0) is 11.6 Å². The quantitative estimate of drug-likeness (QED) is 0.874. The number of rotatable bonds is 2. The summed E-state index contributed by atoms with van der Waals surface area (Å²) in [6.07, 6.45) is 1.28. The number of ether oxygens (including phenoxy) is 2. The van der Waals surface area contributed by atoms with Gasteiger partial charge in [-0.15, -0.1) is 0 Å². The Bertz CT molecular complexity index is 595. The van der Waals surface area contributed by atoms with Crippen LogP contribution in [0.25, 0.3) is 0 Å². The second kappa shape index (κ2) is 4.88. The van der Waals surface area contributed by atoms with E-state index in [1.165, 1.54) is 11.2 Å². The van der Waals surface area contributed by atoms with Crippen molar-refractivity contribution in [2.45, 2.75) is 5.92 Å². The monoisotopic (exact) mass is 275 g/mol. The molecule has 1 aromatic rings. The van der Waals surface area contributed by atoms with Gasteiger partial charge in [-0.25, -0.2) is 0 Å². The molecule has 0 saturated carbocycles. The molecule has 2 aliphatic rings. The normalized spacial score (nSPS) is 20.5. The summed E-state index contributed by atoms with van der Waals surface area (Å²) in [5.41, 5.74) is 1.26. The van der Waals surface area contributed by atoms with Crippen LogP contribution in [-0.4, -0.2) is 36.7 Å². The molecule has 104 valence electrons. The van der Waals surface area contributed by atoms with E-state index in [2.05, 4.69) is 0 Å². The lowest BCUT2D eigenvalue weighted by molar-refractivity contribution is -0.138. The van der Waals surface area contributed by atoms with Crippen molar-refractivity contribution in [1.82, 2.24) is 0 Å². The maximum Gasteiger partial charge on any atom is 0.312 e. The van der Waals surface area contributed by atoms with Crippen LogP contribution in [0.2, 0.25) is 0 Å². The minimum Gasteiger partial charge on any atom is -0.494 e. The Morgan fingerprint density at radius 2 is 2.05 bits per heavy atom. The maximum absolute atomic E-state index is 12.4. The molecule has 0 bridgehead atoms. The molecular weight excluding hydrogens is 262 g/mol. The average molecular weight is 275 g/mol. The Labute approximate surface area is 115 Å². The fraction of sp³-hybridized carbons (Fsp3) is 0.286. The van der Waals surface area contributed by atoms with Crippen molar-refractivity contribution >= 4 is 17.6 Å². The summed E-state index contributed by atoms with van der Waals surface area (Å²) in [5, 5.41) is 9.26. The van der Waals surface area contributed by atoms with E-state index in [0.29, 0.717) is 24.5 Å². The number of aliphatic carboxylic acids is 1. The fourth-order valence-corrected chi connectivity index (χ4v) is 2.42. The number of hydrogen-bond acceptors (Lipinski definition) is 4. The minimum absolute atomic E-state index is 0.105. The number of para-hydroxylation sites is 1. The van der Waals surface area contributed by atoms with Gasteiger partial charge in [-0.1, -0.05) is 18.2 Å². The Morgan fingerprint density at radius 3 is 2.75 bits per heavy atom. The van der Waals surface area contributed by atoms with Crippen molar-refractivity contribution in [2.75, 3.05) is 24.7 Å². The zero-order valence-electron chi connectivity index (χ0n) is 10.6. The van der Waals surface area contributed by atoms with Crippen molar-refractivity contribution in [2.24, 2.45) is 0 Å². The van der Waals surface area contributed by atoms with Crippen molar-refractivity contribution in [3.8, 4) is 0 Å². The van der Waals surface area contributed by atoms with E-state index in [-0.39, 0.29) is 18.2 Å². The Hall–Kier alpha value is -2.50. The lowest BCUT2D eigenvalue weighted by Gasteiger charge is -2.21. The van der Waals surface area contributed by atoms with E-state index >= 15 is 0 Å². The number of hydrogen-bond donors (Lipinski definition) is 1. The summed E-state index contributed by atoms with van der Waals surface area (Å²) in [6.45, 7) is 0.828. The molecule has 1 unspecified atom stereocenters. The van der Waals surface area contributed by atoms with Gasteiger partial charge in [0.2, 0.25) is 5.76 Å². The molecule has 6 nitrogen and oxygen atoms in total. The van der Waals surface area contributed by atoms with Gasteiger partial charge in [-0.3, -0.25) is 9.59 Å². The van der Waals surface area contributed by atoms with E-state index in [1.807, 2.05) is 0 Å². The number of nitrogens with zero attached hydrogens (tertiary/aromatic N) is 1. The third-order valence-electron chi connectivity index (χ3n) is 3.37. The first-order valence-corrected chi connectivity index (χ1v) is 6.26. The zero-order valence-corrected chi connectivity index (χ0v) is 10.6. The Kier molecular flexibility index (Phi) is 3.06. The molecule has 0 aliphatic carbocycles. The van der Waals surface area contributed by atoms with Crippen molar-refractivity contribution in [3.05, 3.63) is 41.9 Å². The number of benzene rings is 1. The number of carbonyl (C=O) groups excluding carboxylic acids is 1. The van der Waals surface area contributed by atoms with Crippen LogP contribution < -0.4 is 4.90 Å². The number of amides is 1. The van der Waals surface area contributed by atoms with Gasteiger partial charge in [0, 0.05) is 12.2 Å². The van der Waals surface area contributed by atoms with Crippen LogP contribution in [0.4, 0.5) is 5.69 Å². The lowest BCUT2D eigenvalue weighted by atomic mass is 10.0. The first kappa shape index (κ1) is 12.5. The predicted octanol–water partition coefficient (Wildman–Crippen LogP) is 1.09. The standard InChI is InChI=1S/C14H13NO5/c16-13(12-8-19-5-6-20-12)15-7-10(14(17)18)9-3-1-2-4-11(9)15/h1-4,8,10H,5-7H2,(H,17,18). The first-order valence-electron chi connectivity index (χ1n) is 6.26. The maximum atomic E-state index is 12.4. The van der Waals surface area contributed by atoms with Crippen molar-refractivity contribution in [1.29, 1.82) is 0 Å². The molecule has 0 fully saturated rings. The van der Waals surface area contributed by atoms with Gasteiger partial charge < -0.3 is 19.5 Å². The molecule has 2 aliphatic heterocycles. The highest BCUT2D eigenvalue weighted by Crippen LogP contribution is 2.37. The summed E-state index contributed by atoms with van der Waals surface area (Å²) in [4.78, 5) is 25.1. The van der Waals surface area contributed by atoms with Crippen LogP contribution in [0, 0.1) is 0 Å². The molecular formula is C14H13NO5. The molecule has 2 heterocycles. The van der Waals surface area contributed by atoms with Crippen molar-refractivity contribution in [3.63, 3.8) is 0 Å². The first-order chi connectivity index (χ1) is 9.68. The van der Waals surface area contributed by atoms with Gasteiger partial charge in [0.25, 0.3) is 5.91 Å². The summed E-state index contributed by atoms with van der Waals surface area (Å²) in [5.74, 6) is -1.92.